The molecule has 2 rings (SSSR count). The van der Waals surface area contributed by atoms with Crippen molar-refractivity contribution in [2.45, 2.75) is 44.7 Å². The van der Waals surface area contributed by atoms with E-state index in [1.165, 1.54) is 4.31 Å². The third-order valence-electron chi connectivity index (χ3n) is 4.34. The van der Waals surface area contributed by atoms with Crippen molar-refractivity contribution in [1.82, 2.24) is 9.62 Å². The summed E-state index contributed by atoms with van der Waals surface area (Å²) < 4.78 is 26.1. The monoisotopic (exact) mass is 389 g/mol. The fourth-order valence-corrected chi connectivity index (χ4v) is 4.81. The lowest BCUT2D eigenvalue weighted by Gasteiger charge is -2.24. The van der Waals surface area contributed by atoms with Gasteiger partial charge in [-0.2, -0.15) is 4.31 Å². The van der Waals surface area contributed by atoms with Gasteiger partial charge in [0.15, 0.2) is 0 Å². The lowest BCUT2D eigenvalue weighted by molar-refractivity contribution is -0.124. The number of benzene rings is 1. The molecule has 0 spiro atoms. The minimum Gasteiger partial charge on any atom is -0.353 e. The Labute approximate surface area is 156 Å². The van der Waals surface area contributed by atoms with Crippen molar-refractivity contribution in [3.63, 3.8) is 0 Å². The zero-order chi connectivity index (χ0) is 17.6. The Morgan fingerprint density at radius 1 is 1.36 bits per heavy atom. The Kier molecular flexibility index (Phi) is 8.85. The molecule has 0 radical (unpaired) electrons. The lowest BCUT2D eigenvalue weighted by atomic mass is 10.1. The smallest absolute Gasteiger partial charge is 0.238 e. The molecule has 8 heteroatoms. The maximum absolute atomic E-state index is 12.4. The van der Waals surface area contributed by atoms with E-state index < -0.39 is 16.1 Å². The quantitative estimate of drug-likeness (QED) is 0.709. The van der Waals surface area contributed by atoms with Gasteiger partial charge in [-0.1, -0.05) is 43.7 Å². The summed E-state index contributed by atoms with van der Waals surface area (Å²) in [5.74, 6) is -0.143. The fraction of sp³-hybridized carbons (Fsp3) is 0.588. The molecule has 1 aromatic carbocycles. The fourth-order valence-electron chi connectivity index (χ4n) is 2.93. The van der Waals surface area contributed by atoms with Crippen molar-refractivity contribution < 1.29 is 13.2 Å². The van der Waals surface area contributed by atoms with Crippen molar-refractivity contribution in [2.24, 2.45) is 5.73 Å². The lowest BCUT2D eigenvalue weighted by Crippen LogP contribution is -2.47. The number of hydrogen-bond donors (Lipinski definition) is 2. The number of nitrogens with zero attached hydrogens (tertiary/aromatic N) is 1. The van der Waals surface area contributed by atoms with Crippen LogP contribution in [0, 0.1) is 0 Å². The summed E-state index contributed by atoms with van der Waals surface area (Å²) in [4.78, 5) is 12.4. The van der Waals surface area contributed by atoms with Crippen LogP contribution in [-0.2, 0) is 14.8 Å². The van der Waals surface area contributed by atoms with Crippen LogP contribution < -0.4 is 11.1 Å². The Morgan fingerprint density at radius 2 is 2.04 bits per heavy atom. The first-order valence-corrected chi connectivity index (χ1v) is 10.1. The summed E-state index contributed by atoms with van der Waals surface area (Å²) in [6.45, 7) is 2.67. The van der Waals surface area contributed by atoms with E-state index >= 15 is 0 Å². The molecule has 2 unspecified atom stereocenters. The second-order valence-electron chi connectivity index (χ2n) is 6.20. The first-order chi connectivity index (χ1) is 11.5. The number of halogens is 1. The maximum Gasteiger partial charge on any atom is 0.238 e. The SMILES string of the molecule is CCCCS(=O)(=O)N1CCCC1C(=O)NCC(N)c1ccccc1.Cl. The van der Waals surface area contributed by atoms with Gasteiger partial charge in [-0.25, -0.2) is 8.42 Å². The molecule has 6 nitrogen and oxygen atoms in total. The number of carbonyl (C=O) groups is 1. The largest absolute Gasteiger partial charge is 0.353 e. The Balaban J connectivity index is 0.00000312. The number of nitrogens with one attached hydrogen (secondary N) is 1. The predicted octanol–water partition coefficient (Wildman–Crippen LogP) is 1.82. The van der Waals surface area contributed by atoms with Gasteiger partial charge in [-0.05, 0) is 24.8 Å². The second-order valence-corrected chi connectivity index (χ2v) is 8.24. The van der Waals surface area contributed by atoms with Crippen molar-refractivity contribution in [2.75, 3.05) is 18.8 Å². The van der Waals surface area contributed by atoms with E-state index in [-0.39, 0.29) is 30.1 Å². The van der Waals surface area contributed by atoms with Gasteiger partial charge in [0.05, 0.1) is 5.75 Å². The van der Waals surface area contributed by atoms with Crippen LogP contribution in [0.2, 0.25) is 0 Å². The highest BCUT2D eigenvalue weighted by Gasteiger charge is 2.38. The van der Waals surface area contributed by atoms with E-state index in [0.29, 0.717) is 32.4 Å². The number of rotatable bonds is 8. The van der Waals surface area contributed by atoms with Crippen LogP contribution in [0.25, 0.3) is 0 Å². The molecule has 0 saturated carbocycles. The molecule has 1 aliphatic rings. The third kappa shape index (κ3) is 5.95. The van der Waals surface area contributed by atoms with Crippen LogP contribution in [-0.4, -0.2) is 43.5 Å². The summed E-state index contributed by atoms with van der Waals surface area (Å²) in [6.07, 6.45) is 2.72. The van der Waals surface area contributed by atoms with E-state index in [0.717, 1.165) is 12.0 Å². The van der Waals surface area contributed by atoms with Gasteiger partial charge < -0.3 is 11.1 Å². The standard InChI is InChI=1S/C17H27N3O3S.ClH/c1-2-3-12-24(22,23)20-11-7-10-16(20)17(21)19-13-15(18)14-8-5-4-6-9-14;/h4-6,8-9,15-16H,2-3,7,10-13,18H2,1H3,(H,19,21);1H. The van der Waals surface area contributed by atoms with E-state index in [9.17, 15) is 13.2 Å². The number of amides is 1. The van der Waals surface area contributed by atoms with Gasteiger partial charge >= 0.3 is 0 Å². The molecule has 1 heterocycles. The van der Waals surface area contributed by atoms with Crippen molar-refractivity contribution >= 4 is 28.3 Å². The zero-order valence-electron chi connectivity index (χ0n) is 14.6. The molecule has 1 fully saturated rings. The minimum absolute atomic E-state index is 0. The molecular formula is C17H28ClN3O3S. The van der Waals surface area contributed by atoms with Gasteiger partial charge in [0.2, 0.25) is 15.9 Å². The average Bonchev–Trinajstić information content (AvgIpc) is 3.09. The predicted molar refractivity (Wildman–Crippen MR) is 102 cm³/mol. The minimum atomic E-state index is -3.37. The molecule has 2 atom stereocenters. The van der Waals surface area contributed by atoms with E-state index in [1.54, 1.807) is 0 Å². The van der Waals surface area contributed by atoms with Crippen LogP contribution in [0.1, 0.15) is 44.2 Å². The number of carbonyl (C=O) groups excluding carboxylic acids is 1. The molecule has 0 aromatic heterocycles. The Bertz CT molecular complexity index is 640. The van der Waals surface area contributed by atoms with E-state index in [2.05, 4.69) is 5.32 Å². The van der Waals surface area contributed by atoms with Gasteiger partial charge in [0, 0.05) is 19.1 Å². The van der Waals surface area contributed by atoms with Gasteiger partial charge in [0.1, 0.15) is 6.04 Å². The Hall–Kier alpha value is -1.15. The molecule has 3 N–H and O–H groups in total. The number of sulfonamides is 1. The summed E-state index contributed by atoms with van der Waals surface area (Å²) in [5, 5.41) is 2.81. The van der Waals surface area contributed by atoms with Crippen LogP contribution in [0.15, 0.2) is 30.3 Å². The summed E-state index contributed by atoms with van der Waals surface area (Å²) in [6, 6.07) is 8.62. The molecular weight excluding hydrogens is 362 g/mol. The van der Waals surface area contributed by atoms with Crippen molar-refractivity contribution in [3.8, 4) is 0 Å². The van der Waals surface area contributed by atoms with Gasteiger partial charge in [-0.3, -0.25) is 4.79 Å². The highest BCUT2D eigenvalue weighted by molar-refractivity contribution is 7.89. The first kappa shape index (κ1) is 21.9. The molecule has 0 aliphatic carbocycles. The molecule has 25 heavy (non-hydrogen) atoms. The number of unbranched alkanes of at least 4 members (excludes halogenated alkanes) is 1. The second kappa shape index (κ2) is 10.1. The topological polar surface area (TPSA) is 92.5 Å². The zero-order valence-corrected chi connectivity index (χ0v) is 16.2. The van der Waals surface area contributed by atoms with Crippen LogP contribution in [0.3, 0.4) is 0 Å². The average molecular weight is 390 g/mol. The third-order valence-corrected chi connectivity index (χ3v) is 6.30. The summed E-state index contributed by atoms with van der Waals surface area (Å²) in [5.41, 5.74) is 7.02. The molecule has 0 bridgehead atoms. The van der Waals surface area contributed by atoms with Gasteiger partial charge in [0.25, 0.3) is 0 Å². The highest BCUT2D eigenvalue weighted by atomic mass is 35.5. The summed E-state index contributed by atoms with van der Waals surface area (Å²) in [7, 11) is -3.37. The summed E-state index contributed by atoms with van der Waals surface area (Å²) >= 11 is 0. The van der Waals surface area contributed by atoms with E-state index in [1.807, 2.05) is 37.3 Å². The Morgan fingerprint density at radius 3 is 2.68 bits per heavy atom. The maximum atomic E-state index is 12.4. The molecule has 1 saturated heterocycles. The van der Waals surface area contributed by atoms with Crippen LogP contribution >= 0.6 is 12.4 Å². The normalized spacial score (nSPS) is 19.2. The number of nitrogens with two attached hydrogens (primary N) is 1. The number of hydrogen-bond acceptors (Lipinski definition) is 4. The molecule has 1 aromatic rings. The highest BCUT2D eigenvalue weighted by Crippen LogP contribution is 2.22. The molecule has 1 amide bonds. The van der Waals surface area contributed by atoms with Gasteiger partial charge in [-0.15, -0.1) is 12.4 Å². The van der Waals surface area contributed by atoms with Crippen LogP contribution in [0.4, 0.5) is 0 Å². The molecule has 142 valence electrons. The van der Waals surface area contributed by atoms with Crippen LogP contribution in [0.5, 0.6) is 0 Å². The molecule has 1 aliphatic heterocycles. The van der Waals surface area contributed by atoms with Crippen molar-refractivity contribution in [3.05, 3.63) is 35.9 Å². The van der Waals surface area contributed by atoms with E-state index in [4.69, 9.17) is 5.73 Å². The first-order valence-electron chi connectivity index (χ1n) is 8.53. The van der Waals surface area contributed by atoms with Crippen molar-refractivity contribution in [1.29, 1.82) is 0 Å².